The molecule has 0 bridgehead atoms. The minimum Gasteiger partial charge on any atom is -0.344 e. The van der Waals surface area contributed by atoms with Crippen LogP contribution in [0, 0.1) is 0 Å². The van der Waals surface area contributed by atoms with Gasteiger partial charge in [-0.1, -0.05) is 19.1 Å². The standard InChI is InChI=1S/C13H20N2/c1-5-8-12-9-10(4)14-13(15-12)11(6-2)7-3/h5-6,9,12H,1,7-8H2,2-4H3,(H,14,15)/b11-6+/t12-/m1/s1. The van der Waals surface area contributed by atoms with Crippen LogP contribution in [0.4, 0.5) is 0 Å². The van der Waals surface area contributed by atoms with Gasteiger partial charge in [0, 0.05) is 5.70 Å². The maximum atomic E-state index is 4.65. The Morgan fingerprint density at radius 2 is 2.40 bits per heavy atom. The predicted molar refractivity (Wildman–Crippen MR) is 67.0 cm³/mol. The van der Waals surface area contributed by atoms with Gasteiger partial charge in [0.05, 0.1) is 6.04 Å². The molecule has 0 radical (unpaired) electrons. The molecule has 1 atom stereocenters. The van der Waals surface area contributed by atoms with Gasteiger partial charge in [0.2, 0.25) is 0 Å². The molecule has 0 aromatic carbocycles. The number of amidine groups is 1. The highest BCUT2D eigenvalue weighted by Crippen LogP contribution is 2.13. The summed E-state index contributed by atoms with van der Waals surface area (Å²) in [5, 5.41) is 3.32. The van der Waals surface area contributed by atoms with Gasteiger partial charge in [-0.25, -0.2) is 0 Å². The summed E-state index contributed by atoms with van der Waals surface area (Å²) in [6.07, 6.45) is 8.10. The third-order valence-electron chi connectivity index (χ3n) is 2.49. The highest BCUT2D eigenvalue weighted by molar-refractivity contribution is 5.99. The molecular formula is C13H20N2. The smallest absolute Gasteiger partial charge is 0.128 e. The van der Waals surface area contributed by atoms with E-state index in [1.54, 1.807) is 0 Å². The van der Waals surface area contributed by atoms with Crippen molar-refractivity contribution in [1.82, 2.24) is 5.32 Å². The van der Waals surface area contributed by atoms with Gasteiger partial charge in [-0.3, -0.25) is 4.99 Å². The first kappa shape index (κ1) is 11.8. The van der Waals surface area contributed by atoms with Crippen molar-refractivity contribution in [2.45, 2.75) is 39.7 Å². The number of rotatable bonds is 4. The van der Waals surface area contributed by atoms with E-state index in [0.29, 0.717) is 0 Å². The Balaban J connectivity index is 2.86. The van der Waals surface area contributed by atoms with E-state index < -0.39 is 0 Å². The van der Waals surface area contributed by atoms with Gasteiger partial charge >= 0.3 is 0 Å². The Morgan fingerprint density at radius 3 is 2.93 bits per heavy atom. The van der Waals surface area contributed by atoms with Crippen LogP contribution in [0.5, 0.6) is 0 Å². The van der Waals surface area contributed by atoms with E-state index in [4.69, 9.17) is 0 Å². The van der Waals surface area contributed by atoms with Crippen LogP contribution in [0.3, 0.4) is 0 Å². The Kier molecular flexibility index (Phi) is 4.35. The maximum Gasteiger partial charge on any atom is 0.128 e. The summed E-state index contributed by atoms with van der Waals surface area (Å²) in [5.41, 5.74) is 2.45. The van der Waals surface area contributed by atoms with Crippen molar-refractivity contribution < 1.29 is 0 Å². The van der Waals surface area contributed by atoms with Crippen molar-refractivity contribution >= 4 is 5.84 Å². The van der Waals surface area contributed by atoms with Crippen LogP contribution in [0.1, 0.15) is 33.6 Å². The molecule has 0 spiro atoms. The van der Waals surface area contributed by atoms with Crippen molar-refractivity contribution in [3.05, 3.63) is 36.1 Å². The average molecular weight is 204 g/mol. The summed E-state index contributed by atoms with van der Waals surface area (Å²) in [7, 11) is 0. The van der Waals surface area contributed by atoms with Crippen LogP contribution in [0.25, 0.3) is 0 Å². The van der Waals surface area contributed by atoms with Crippen LogP contribution >= 0.6 is 0 Å². The summed E-state index contributed by atoms with van der Waals surface area (Å²) in [6.45, 7) is 10.0. The van der Waals surface area contributed by atoms with Crippen LogP contribution in [0.2, 0.25) is 0 Å². The van der Waals surface area contributed by atoms with E-state index >= 15 is 0 Å². The van der Waals surface area contributed by atoms with E-state index in [0.717, 1.165) is 18.7 Å². The Morgan fingerprint density at radius 1 is 1.67 bits per heavy atom. The molecule has 15 heavy (non-hydrogen) atoms. The lowest BCUT2D eigenvalue weighted by molar-refractivity contribution is 0.788. The fraction of sp³-hybridized carbons (Fsp3) is 0.462. The zero-order valence-corrected chi connectivity index (χ0v) is 9.88. The molecule has 0 unspecified atom stereocenters. The highest BCUT2D eigenvalue weighted by Gasteiger charge is 2.13. The van der Waals surface area contributed by atoms with Crippen molar-refractivity contribution in [2.75, 3.05) is 0 Å². The van der Waals surface area contributed by atoms with E-state index in [-0.39, 0.29) is 6.04 Å². The number of aliphatic imine (C=N–C) groups is 1. The van der Waals surface area contributed by atoms with E-state index in [1.807, 2.05) is 6.08 Å². The molecule has 1 aliphatic rings. The Labute approximate surface area is 92.5 Å². The van der Waals surface area contributed by atoms with Gasteiger partial charge in [0.25, 0.3) is 0 Å². The average Bonchev–Trinajstić information content (AvgIpc) is 2.19. The number of allylic oxidation sites excluding steroid dienone is 2. The number of nitrogens with one attached hydrogen (secondary N) is 1. The molecule has 2 heteroatoms. The molecule has 0 aromatic rings. The lowest BCUT2D eigenvalue weighted by Gasteiger charge is -2.21. The van der Waals surface area contributed by atoms with Crippen molar-refractivity contribution in [3.8, 4) is 0 Å². The quantitative estimate of drug-likeness (QED) is 0.699. The minimum atomic E-state index is 0.250. The second kappa shape index (κ2) is 5.54. The number of nitrogens with zero attached hydrogens (tertiary/aromatic N) is 1. The van der Waals surface area contributed by atoms with Crippen LogP contribution in [-0.4, -0.2) is 11.9 Å². The monoisotopic (exact) mass is 204 g/mol. The summed E-state index contributed by atoms with van der Waals surface area (Å²) in [4.78, 5) is 4.65. The first-order valence-electron chi connectivity index (χ1n) is 5.51. The summed E-state index contributed by atoms with van der Waals surface area (Å²) in [6, 6.07) is 0.250. The molecule has 0 amide bonds. The molecule has 82 valence electrons. The zero-order valence-electron chi connectivity index (χ0n) is 9.88. The lowest BCUT2D eigenvalue weighted by Crippen LogP contribution is -2.29. The molecule has 0 saturated heterocycles. The molecule has 1 N–H and O–H groups in total. The number of hydrogen-bond donors (Lipinski definition) is 1. The fourth-order valence-corrected chi connectivity index (χ4v) is 1.72. The molecule has 0 saturated carbocycles. The largest absolute Gasteiger partial charge is 0.344 e. The normalized spacial score (nSPS) is 21.5. The van der Waals surface area contributed by atoms with Crippen LogP contribution in [0.15, 0.2) is 41.1 Å². The van der Waals surface area contributed by atoms with E-state index in [9.17, 15) is 0 Å². The highest BCUT2D eigenvalue weighted by atomic mass is 15.0. The van der Waals surface area contributed by atoms with Gasteiger partial charge in [-0.2, -0.15) is 0 Å². The molecule has 0 aromatic heterocycles. The van der Waals surface area contributed by atoms with Gasteiger partial charge in [-0.15, -0.1) is 6.58 Å². The Hall–Kier alpha value is -1.31. The molecule has 1 rings (SSSR count). The van der Waals surface area contributed by atoms with Crippen molar-refractivity contribution in [2.24, 2.45) is 4.99 Å². The van der Waals surface area contributed by atoms with Crippen LogP contribution in [-0.2, 0) is 0 Å². The fourth-order valence-electron chi connectivity index (χ4n) is 1.72. The first-order valence-corrected chi connectivity index (χ1v) is 5.51. The first-order chi connectivity index (χ1) is 7.21. The predicted octanol–water partition coefficient (Wildman–Crippen LogP) is 3.19. The molecular weight excluding hydrogens is 184 g/mol. The van der Waals surface area contributed by atoms with Crippen molar-refractivity contribution in [3.63, 3.8) is 0 Å². The zero-order chi connectivity index (χ0) is 11.3. The molecule has 1 aliphatic heterocycles. The van der Waals surface area contributed by atoms with E-state index in [2.05, 4.69) is 49.8 Å². The van der Waals surface area contributed by atoms with Crippen LogP contribution < -0.4 is 5.32 Å². The molecule has 2 nitrogen and oxygen atoms in total. The summed E-state index contributed by atoms with van der Waals surface area (Å²) >= 11 is 0. The third-order valence-corrected chi connectivity index (χ3v) is 2.49. The van der Waals surface area contributed by atoms with Gasteiger partial charge in [0.15, 0.2) is 0 Å². The van der Waals surface area contributed by atoms with Crippen molar-refractivity contribution in [1.29, 1.82) is 0 Å². The topological polar surface area (TPSA) is 24.4 Å². The van der Waals surface area contributed by atoms with E-state index in [1.165, 1.54) is 11.3 Å². The van der Waals surface area contributed by atoms with Gasteiger partial charge < -0.3 is 5.32 Å². The minimum absolute atomic E-state index is 0.250. The lowest BCUT2D eigenvalue weighted by atomic mass is 10.1. The third kappa shape index (κ3) is 3.08. The maximum absolute atomic E-state index is 4.65. The Bertz CT molecular complexity index is 321. The molecule has 0 aliphatic carbocycles. The summed E-state index contributed by atoms with van der Waals surface area (Å²) in [5.74, 6) is 1.02. The SMILES string of the molecule is C=CC[C@@H]1C=C(C)NC(/C(=C/C)CC)=N1. The second-order valence-electron chi connectivity index (χ2n) is 3.71. The van der Waals surface area contributed by atoms with Gasteiger partial charge in [0.1, 0.15) is 5.84 Å². The molecule has 1 heterocycles. The molecule has 0 fully saturated rings. The number of hydrogen-bond acceptors (Lipinski definition) is 2. The second-order valence-corrected chi connectivity index (χ2v) is 3.71. The van der Waals surface area contributed by atoms with Gasteiger partial charge in [-0.05, 0) is 38.3 Å². The summed E-state index contributed by atoms with van der Waals surface area (Å²) < 4.78 is 0.